The van der Waals surface area contributed by atoms with Gasteiger partial charge in [0.15, 0.2) is 0 Å². The van der Waals surface area contributed by atoms with E-state index in [4.69, 9.17) is 38.4 Å². The number of benzene rings is 1. The molecule has 0 aliphatic heterocycles. The third-order valence-corrected chi connectivity index (χ3v) is 2.42. The molecular formula is C10H11Cl2NO3. The highest BCUT2D eigenvalue weighted by Gasteiger charge is 2.33. The molecule has 0 heterocycles. The van der Waals surface area contributed by atoms with Crippen molar-refractivity contribution in [1.29, 1.82) is 0 Å². The molecular weight excluding hydrogens is 253 g/mol. The smallest absolute Gasteiger partial charge is 0.290 e. The van der Waals surface area contributed by atoms with E-state index < -0.39 is 11.7 Å². The van der Waals surface area contributed by atoms with E-state index >= 15 is 0 Å². The summed E-state index contributed by atoms with van der Waals surface area (Å²) in [4.78, 5) is 11.1. The Kier molecular flexibility index (Phi) is 4.02. The number of halogens is 2. The first-order valence-electron chi connectivity index (χ1n) is 4.37. The molecule has 0 spiro atoms. The maximum absolute atomic E-state index is 11.1. The van der Waals surface area contributed by atoms with Gasteiger partial charge in [0.05, 0.1) is 0 Å². The molecule has 0 saturated heterocycles. The molecule has 1 rings (SSSR count). The zero-order chi connectivity index (χ0) is 12.3. The normalized spacial score (nSPS) is 14.2. The van der Waals surface area contributed by atoms with Crippen molar-refractivity contribution in [3.63, 3.8) is 0 Å². The van der Waals surface area contributed by atoms with Crippen LogP contribution in [0.1, 0.15) is 6.92 Å². The van der Waals surface area contributed by atoms with E-state index in [-0.39, 0.29) is 0 Å². The van der Waals surface area contributed by atoms with Crippen LogP contribution in [0.25, 0.3) is 0 Å². The summed E-state index contributed by atoms with van der Waals surface area (Å²) >= 11 is 11.6. The number of ether oxygens (including phenoxy) is 2. The average Bonchev–Trinajstić information content (AvgIpc) is 2.15. The lowest BCUT2D eigenvalue weighted by molar-refractivity contribution is -0.175. The van der Waals surface area contributed by atoms with E-state index in [0.29, 0.717) is 15.8 Å². The number of primary amides is 1. The second-order valence-corrected chi connectivity index (χ2v) is 4.09. The minimum absolute atomic E-state index is 0.306. The van der Waals surface area contributed by atoms with Gasteiger partial charge in [-0.1, -0.05) is 23.2 Å². The molecule has 1 atom stereocenters. The second kappa shape index (κ2) is 4.91. The maximum atomic E-state index is 11.1. The molecule has 1 aromatic rings. The van der Waals surface area contributed by atoms with Gasteiger partial charge in [0.2, 0.25) is 0 Å². The molecule has 2 N–H and O–H groups in total. The van der Waals surface area contributed by atoms with E-state index in [9.17, 15) is 4.79 Å². The number of nitrogens with two attached hydrogens (primary N) is 1. The lowest BCUT2D eigenvalue weighted by atomic mass is 10.3. The molecule has 0 aliphatic carbocycles. The Labute approximate surface area is 103 Å². The first kappa shape index (κ1) is 13.1. The number of carbonyl (C=O) groups is 1. The molecule has 88 valence electrons. The van der Waals surface area contributed by atoms with Crippen molar-refractivity contribution in [2.75, 3.05) is 7.11 Å². The summed E-state index contributed by atoms with van der Waals surface area (Å²) in [5.41, 5.74) is 5.15. The Bertz CT molecular complexity index is 391. The van der Waals surface area contributed by atoms with Gasteiger partial charge in [0, 0.05) is 24.1 Å². The number of carbonyl (C=O) groups excluding carboxylic acids is 1. The van der Waals surface area contributed by atoms with Gasteiger partial charge in [-0.3, -0.25) is 4.79 Å². The monoisotopic (exact) mass is 263 g/mol. The van der Waals surface area contributed by atoms with E-state index in [2.05, 4.69) is 0 Å². The molecule has 1 amide bonds. The summed E-state index contributed by atoms with van der Waals surface area (Å²) in [5, 5.41) is 0.788. The molecule has 0 radical (unpaired) electrons. The fourth-order valence-corrected chi connectivity index (χ4v) is 1.51. The zero-order valence-corrected chi connectivity index (χ0v) is 10.3. The van der Waals surface area contributed by atoms with Gasteiger partial charge >= 0.3 is 0 Å². The highest BCUT2D eigenvalue weighted by Crippen LogP contribution is 2.27. The van der Waals surface area contributed by atoms with Crippen molar-refractivity contribution in [3.05, 3.63) is 28.2 Å². The van der Waals surface area contributed by atoms with Crippen LogP contribution in [0.15, 0.2) is 18.2 Å². The van der Waals surface area contributed by atoms with Gasteiger partial charge < -0.3 is 15.2 Å². The van der Waals surface area contributed by atoms with E-state index in [1.165, 1.54) is 26.2 Å². The summed E-state index contributed by atoms with van der Waals surface area (Å²) in [5.74, 6) is -1.99. The summed E-state index contributed by atoms with van der Waals surface area (Å²) in [6.45, 7) is 1.41. The fourth-order valence-electron chi connectivity index (χ4n) is 1.00. The molecule has 1 unspecified atom stereocenters. The van der Waals surface area contributed by atoms with Gasteiger partial charge in [0.1, 0.15) is 5.75 Å². The summed E-state index contributed by atoms with van der Waals surface area (Å²) in [6, 6.07) is 4.56. The van der Waals surface area contributed by atoms with Crippen molar-refractivity contribution in [3.8, 4) is 5.75 Å². The van der Waals surface area contributed by atoms with Gasteiger partial charge in [-0.2, -0.15) is 0 Å². The van der Waals surface area contributed by atoms with Crippen molar-refractivity contribution in [2.45, 2.75) is 12.7 Å². The quantitative estimate of drug-likeness (QED) is 0.848. The van der Waals surface area contributed by atoms with Crippen molar-refractivity contribution in [1.82, 2.24) is 0 Å². The Hall–Kier alpha value is -0.970. The first-order chi connectivity index (χ1) is 7.37. The Morgan fingerprint density at radius 3 is 2.19 bits per heavy atom. The standard InChI is InChI=1S/C10H11Cl2NO3/c1-10(15-2,9(13)14)16-8-4-6(11)3-7(12)5-8/h3-5H,1-2H3,(H2,13,14). The van der Waals surface area contributed by atoms with Crippen LogP contribution in [0, 0.1) is 0 Å². The average molecular weight is 264 g/mol. The van der Waals surface area contributed by atoms with Crippen LogP contribution < -0.4 is 10.5 Å². The molecule has 6 heteroatoms. The fraction of sp³-hybridized carbons (Fsp3) is 0.300. The number of hydrogen-bond donors (Lipinski definition) is 1. The van der Waals surface area contributed by atoms with Crippen LogP contribution in [-0.4, -0.2) is 18.8 Å². The molecule has 0 aliphatic rings. The predicted octanol–water partition coefficient (Wildman–Crippen LogP) is 2.22. The molecule has 0 aromatic heterocycles. The Balaban J connectivity index is 2.99. The summed E-state index contributed by atoms with van der Waals surface area (Å²) in [6.07, 6.45) is 0. The summed E-state index contributed by atoms with van der Waals surface area (Å²) < 4.78 is 10.2. The first-order valence-corrected chi connectivity index (χ1v) is 5.13. The lowest BCUT2D eigenvalue weighted by Gasteiger charge is -2.25. The predicted molar refractivity (Wildman–Crippen MR) is 61.7 cm³/mol. The van der Waals surface area contributed by atoms with Crippen LogP contribution in [-0.2, 0) is 9.53 Å². The van der Waals surface area contributed by atoms with Crippen LogP contribution in [0.5, 0.6) is 5.75 Å². The van der Waals surface area contributed by atoms with Crippen LogP contribution >= 0.6 is 23.2 Å². The molecule has 0 fully saturated rings. The molecule has 0 saturated carbocycles. The third kappa shape index (κ3) is 3.01. The van der Waals surface area contributed by atoms with Crippen LogP contribution in [0.4, 0.5) is 0 Å². The largest absolute Gasteiger partial charge is 0.453 e. The topological polar surface area (TPSA) is 61.6 Å². The number of rotatable bonds is 4. The van der Waals surface area contributed by atoms with Gasteiger partial charge in [-0.25, -0.2) is 0 Å². The van der Waals surface area contributed by atoms with Crippen molar-refractivity contribution >= 4 is 29.1 Å². The van der Waals surface area contributed by atoms with E-state index in [1.54, 1.807) is 6.07 Å². The van der Waals surface area contributed by atoms with Crippen LogP contribution in [0.2, 0.25) is 10.0 Å². The number of hydrogen-bond acceptors (Lipinski definition) is 3. The van der Waals surface area contributed by atoms with Crippen molar-refractivity contribution in [2.24, 2.45) is 5.73 Å². The van der Waals surface area contributed by atoms with Gasteiger partial charge in [0.25, 0.3) is 11.7 Å². The highest BCUT2D eigenvalue weighted by atomic mass is 35.5. The minimum atomic E-state index is -1.55. The van der Waals surface area contributed by atoms with Gasteiger partial charge in [-0.15, -0.1) is 0 Å². The number of methoxy groups -OCH3 is 1. The summed E-state index contributed by atoms with van der Waals surface area (Å²) in [7, 11) is 1.32. The Morgan fingerprint density at radius 2 is 1.81 bits per heavy atom. The third-order valence-electron chi connectivity index (χ3n) is 1.99. The highest BCUT2D eigenvalue weighted by molar-refractivity contribution is 6.34. The minimum Gasteiger partial charge on any atom is -0.453 e. The molecule has 0 bridgehead atoms. The lowest BCUT2D eigenvalue weighted by Crippen LogP contribution is -2.47. The molecule has 16 heavy (non-hydrogen) atoms. The Morgan fingerprint density at radius 1 is 1.31 bits per heavy atom. The zero-order valence-electron chi connectivity index (χ0n) is 8.79. The maximum Gasteiger partial charge on any atom is 0.290 e. The SMILES string of the molecule is COC(C)(Oc1cc(Cl)cc(Cl)c1)C(N)=O. The van der Waals surface area contributed by atoms with E-state index in [0.717, 1.165) is 0 Å². The van der Waals surface area contributed by atoms with Crippen molar-refractivity contribution < 1.29 is 14.3 Å². The second-order valence-electron chi connectivity index (χ2n) is 3.22. The van der Waals surface area contributed by atoms with E-state index in [1.807, 2.05) is 0 Å². The van der Waals surface area contributed by atoms with Crippen LogP contribution in [0.3, 0.4) is 0 Å². The van der Waals surface area contributed by atoms with Gasteiger partial charge in [-0.05, 0) is 18.2 Å². The number of amides is 1. The molecule has 4 nitrogen and oxygen atoms in total. The molecule has 1 aromatic carbocycles.